The molecule has 1 atom stereocenters. The van der Waals surface area contributed by atoms with Crippen molar-refractivity contribution in [3.8, 4) is 5.75 Å². The molecule has 2 N–H and O–H groups in total. The number of phenols is 1. The highest BCUT2D eigenvalue weighted by atomic mass is 16.3. The van der Waals surface area contributed by atoms with Gasteiger partial charge in [-0.05, 0) is 57.0 Å². The zero-order valence-corrected chi connectivity index (χ0v) is 13.4. The van der Waals surface area contributed by atoms with Crippen molar-refractivity contribution in [2.45, 2.75) is 56.5 Å². The van der Waals surface area contributed by atoms with Gasteiger partial charge in [-0.2, -0.15) is 0 Å². The minimum absolute atomic E-state index is 0.317. The Balaban J connectivity index is 1.70. The molecule has 0 amide bonds. The van der Waals surface area contributed by atoms with E-state index in [0.29, 0.717) is 17.3 Å². The first-order valence-electron chi connectivity index (χ1n) is 8.34. The van der Waals surface area contributed by atoms with Gasteiger partial charge in [-0.3, -0.25) is 0 Å². The van der Waals surface area contributed by atoms with Gasteiger partial charge in [0.05, 0.1) is 0 Å². The Morgan fingerprint density at radius 3 is 2.71 bits per heavy atom. The predicted octanol–water partition coefficient (Wildman–Crippen LogP) is 3.23. The Morgan fingerprint density at radius 2 is 2.00 bits per heavy atom. The number of hydrogen-bond donors (Lipinski definition) is 2. The lowest BCUT2D eigenvalue weighted by molar-refractivity contribution is 0.0951. The third kappa shape index (κ3) is 2.82. The second-order valence-electron chi connectivity index (χ2n) is 7.00. The van der Waals surface area contributed by atoms with Crippen LogP contribution < -0.4 is 5.32 Å². The van der Waals surface area contributed by atoms with E-state index >= 15 is 0 Å². The lowest BCUT2D eigenvalue weighted by atomic mass is 9.80. The van der Waals surface area contributed by atoms with Crippen molar-refractivity contribution in [2.24, 2.45) is 0 Å². The van der Waals surface area contributed by atoms with Crippen molar-refractivity contribution in [3.63, 3.8) is 0 Å². The Morgan fingerprint density at radius 1 is 1.24 bits per heavy atom. The molecular weight excluding hydrogens is 260 g/mol. The van der Waals surface area contributed by atoms with Crippen LogP contribution in [0.1, 0.15) is 55.7 Å². The van der Waals surface area contributed by atoms with E-state index < -0.39 is 0 Å². The van der Waals surface area contributed by atoms with Crippen LogP contribution in [0.2, 0.25) is 0 Å². The monoisotopic (exact) mass is 288 g/mol. The summed E-state index contributed by atoms with van der Waals surface area (Å²) in [5, 5.41) is 13.8. The van der Waals surface area contributed by atoms with Crippen LogP contribution >= 0.6 is 0 Å². The molecule has 3 rings (SSSR count). The van der Waals surface area contributed by atoms with Gasteiger partial charge in [-0.25, -0.2) is 0 Å². The summed E-state index contributed by atoms with van der Waals surface area (Å²) in [7, 11) is 4.45. The summed E-state index contributed by atoms with van der Waals surface area (Å²) in [6.07, 6.45) is 8.78. The van der Waals surface area contributed by atoms with E-state index in [1.807, 2.05) is 12.1 Å². The van der Waals surface area contributed by atoms with E-state index in [2.05, 4.69) is 30.4 Å². The van der Waals surface area contributed by atoms with E-state index in [9.17, 15) is 5.11 Å². The van der Waals surface area contributed by atoms with Crippen molar-refractivity contribution < 1.29 is 5.11 Å². The zero-order valence-electron chi connectivity index (χ0n) is 13.4. The van der Waals surface area contributed by atoms with Gasteiger partial charge in [-0.1, -0.05) is 31.4 Å². The molecule has 1 aromatic rings. The van der Waals surface area contributed by atoms with Crippen LogP contribution in [0.5, 0.6) is 5.75 Å². The summed E-state index contributed by atoms with van der Waals surface area (Å²) >= 11 is 0. The third-order valence-electron chi connectivity index (χ3n) is 5.66. The first-order valence-corrected chi connectivity index (χ1v) is 8.34. The minimum Gasteiger partial charge on any atom is -0.508 e. The van der Waals surface area contributed by atoms with Crippen LogP contribution in [0.15, 0.2) is 18.2 Å². The summed E-state index contributed by atoms with van der Waals surface area (Å²) < 4.78 is 0. The van der Waals surface area contributed by atoms with Crippen molar-refractivity contribution in [3.05, 3.63) is 29.3 Å². The van der Waals surface area contributed by atoms with E-state index in [-0.39, 0.29) is 0 Å². The molecule has 1 saturated carbocycles. The third-order valence-corrected chi connectivity index (χ3v) is 5.66. The molecule has 0 spiro atoms. The Labute approximate surface area is 128 Å². The van der Waals surface area contributed by atoms with Crippen molar-refractivity contribution >= 4 is 0 Å². The summed E-state index contributed by atoms with van der Waals surface area (Å²) in [5.74, 6) is 0.469. The molecule has 116 valence electrons. The summed E-state index contributed by atoms with van der Waals surface area (Å²) in [6.45, 7) is 1.06. The first kappa shape index (κ1) is 14.9. The molecule has 0 radical (unpaired) electrons. The molecule has 2 aliphatic rings. The second kappa shape index (κ2) is 5.98. The highest BCUT2D eigenvalue weighted by Gasteiger charge is 2.35. The standard InChI is InChI=1S/C18H28N2O/c1-20(2)18(11-4-3-5-12-18)13-19-16-10-9-15-14(16)7-6-8-17(15)21/h6-8,16,19,21H,3-5,9-13H2,1-2H3. The van der Waals surface area contributed by atoms with E-state index in [1.165, 1.54) is 37.7 Å². The number of benzene rings is 1. The largest absolute Gasteiger partial charge is 0.508 e. The van der Waals surface area contributed by atoms with Crippen LogP contribution in [0.3, 0.4) is 0 Å². The Bertz CT molecular complexity index is 492. The zero-order chi connectivity index (χ0) is 14.9. The quantitative estimate of drug-likeness (QED) is 0.893. The molecule has 3 heteroatoms. The van der Waals surface area contributed by atoms with E-state index in [1.54, 1.807) is 0 Å². The minimum atomic E-state index is 0.317. The highest BCUT2D eigenvalue weighted by Crippen LogP contribution is 2.37. The van der Waals surface area contributed by atoms with Crippen molar-refractivity contribution in [2.75, 3.05) is 20.6 Å². The Kier molecular flexibility index (Phi) is 4.23. The van der Waals surface area contributed by atoms with E-state index in [4.69, 9.17) is 0 Å². The van der Waals surface area contributed by atoms with Crippen LogP contribution in [-0.2, 0) is 6.42 Å². The topological polar surface area (TPSA) is 35.5 Å². The molecule has 1 unspecified atom stereocenters. The number of nitrogens with one attached hydrogen (secondary N) is 1. The van der Waals surface area contributed by atoms with Crippen LogP contribution in [0, 0.1) is 0 Å². The first-order chi connectivity index (χ1) is 10.1. The van der Waals surface area contributed by atoms with Gasteiger partial charge in [0.1, 0.15) is 5.75 Å². The molecular formula is C18H28N2O. The van der Waals surface area contributed by atoms with Gasteiger partial charge in [0, 0.05) is 18.1 Å². The maximum atomic E-state index is 9.97. The van der Waals surface area contributed by atoms with Crippen LogP contribution in [0.25, 0.3) is 0 Å². The second-order valence-corrected chi connectivity index (χ2v) is 7.00. The number of fused-ring (bicyclic) bond motifs is 1. The number of hydrogen-bond acceptors (Lipinski definition) is 3. The molecule has 0 aliphatic heterocycles. The fourth-order valence-electron chi connectivity index (χ4n) is 4.15. The van der Waals surface area contributed by atoms with Crippen molar-refractivity contribution in [1.82, 2.24) is 10.2 Å². The fraction of sp³-hybridized carbons (Fsp3) is 0.667. The molecule has 0 aromatic heterocycles. The lowest BCUT2D eigenvalue weighted by Gasteiger charge is -2.44. The maximum Gasteiger partial charge on any atom is 0.119 e. The number of phenolic OH excluding ortho intramolecular Hbond substituents is 1. The van der Waals surface area contributed by atoms with Crippen LogP contribution in [0.4, 0.5) is 0 Å². The summed E-state index contributed by atoms with van der Waals surface area (Å²) in [5.41, 5.74) is 2.77. The number of rotatable bonds is 4. The summed E-state index contributed by atoms with van der Waals surface area (Å²) in [4.78, 5) is 2.43. The number of nitrogens with zero attached hydrogens (tertiary/aromatic N) is 1. The van der Waals surface area contributed by atoms with Gasteiger partial charge in [-0.15, -0.1) is 0 Å². The normalized spacial score (nSPS) is 24.2. The van der Waals surface area contributed by atoms with E-state index in [0.717, 1.165) is 24.9 Å². The molecule has 2 aliphatic carbocycles. The SMILES string of the molecule is CN(C)C1(CNC2CCc3c(O)cccc32)CCCCC1. The van der Waals surface area contributed by atoms with Gasteiger partial charge >= 0.3 is 0 Å². The molecule has 3 nitrogen and oxygen atoms in total. The van der Waals surface area contributed by atoms with Gasteiger partial charge in [0.25, 0.3) is 0 Å². The fourth-order valence-corrected chi connectivity index (χ4v) is 4.15. The molecule has 0 heterocycles. The predicted molar refractivity (Wildman–Crippen MR) is 86.7 cm³/mol. The van der Waals surface area contributed by atoms with Gasteiger partial charge in [0.15, 0.2) is 0 Å². The molecule has 0 bridgehead atoms. The molecule has 21 heavy (non-hydrogen) atoms. The molecule has 1 fully saturated rings. The lowest BCUT2D eigenvalue weighted by Crippen LogP contribution is -2.53. The van der Waals surface area contributed by atoms with Gasteiger partial charge in [0.2, 0.25) is 0 Å². The van der Waals surface area contributed by atoms with Gasteiger partial charge < -0.3 is 15.3 Å². The smallest absolute Gasteiger partial charge is 0.119 e. The van der Waals surface area contributed by atoms with Crippen molar-refractivity contribution in [1.29, 1.82) is 0 Å². The highest BCUT2D eigenvalue weighted by molar-refractivity contribution is 5.44. The molecule has 0 saturated heterocycles. The number of likely N-dealkylation sites (N-methyl/N-ethyl adjacent to an activating group) is 1. The summed E-state index contributed by atoms with van der Waals surface area (Å²) in [6, 6.07) is 6.36. The molecule has 1 aromatic carbocycles. The van der Waals surface area contributed by atoms with Crippen LogP contribution in [-0.4, -0.2) is 36.2 Å². The average Bonchev–Trinajstić information content (AvgIpc) is 2.91. The Hall–Kier alpha value is -1.06. The number of aromatic hydroxyl groups is 1. The average molecular weight is 288 g/mol. The maximum absolute atomic E-state index is 9.97.